The van der Waals surface area contributed by atoms with Crippen LogP contribution in [0, 0.1) is 10.4 Å². The number of pyridine rings is 2. The molecular weight excluding hydrogens is 300 g/mol. The highest BCUT2D eigenvalue weighted by atomic mass is 33.1. The second kappa shape index (κ2) is 6.58. The number of ether oxygens (including phenoxy) is 2. The summed E-state index contributed by atoms with van der Waals surface area (Å²) in [7, 11) is 5.21. The summed E-state index contributed by atoms with van der Waals surface area (Å²) in [5.41, 5.74) is 0. The van der Waals surface area contributed by atoms with Crippen molar-refractivity contribution in [2.75, 3.05) is 14.2 Å². The van der Waals surface area contributed by atoms with E-state index in [4.69, 9.17) is 9.47 Å². The first-order valence-corrected chi connectivity index (χ1v) is 7.70. The maximum Gasteiger partial charge on any atom is 0.380 e. The zero-order valence-corrected chi connectivity index (χ0v) is 12.4. The van der Waals surface area contributed by atoms with Crippen molar-refractivity contribution in [3.63, 3.8) is 0 Å². The first-order chi connectivity index (χ1) is 9.67. The van der Waals surface area contributed by atoms with Crippen LogP contribution in [0.2, 0.25) is 0 Å². The Hall–Kier alpha value is -1.80. The van der Waals surface area contributed by atoms with Crippen LogP contribution in [0.3, 0.4) is 0 Å². The lowest BCUT2D eigenvalue weighted by atomic mass is 10.5. The Kier molecular flexibility index (Phi) is 4.80. The van der Waals surface area contributed by atoms with Gasteiger partial charge >= 0.3 is 11.8 Å². The fourth-order valence-electron chi connectivity index (χ4n) is 1.42. The van der Waals surface area contributed by atoms with E-state index in [1.807, 2.05) is 0 Å². The number of nitrogens with zero attached hydrogens (tertiary/aromatic N) is 2. The first kappa shape index (κ1) is 14.6. The van der Waals surface area contributed by atoms with Crippen LogP contribution in [0.15, 0.2) is 46.5 Å². The third-order valence-corrected chi connectivity index (χ3v) is 4.69. The van der Waals surface area contributed by atoms with Gasteiger partial charge < -0.3 is 19.9 Å². The van der Waals surface area contributed by atoms with Crippen LogP contribution in [0.1, 0.15) is 0 Å². The molecule has 20 heavy (non-hydrogen) atoms. The van der Waals surface area contributed by atoms with E-state index in [0.717, 1.165) is 0 Å². The van der Waals surface area contributed by atoms with Gasteiger partial charge in [-0.25, -0.2) is 0 Å². The minimum Gasteiger partial charge on any atom is -0.615 e. The fraction of sp³-hybridized carbons (Fsp3) is 0.167. The molecule has 0 spiro atoms. The number of hydrogen-bond acceptors (Lipinski definition) is 6. The molecule has 8 heteroatoms. The molecule has 2 rings (SSSR count). The van der Waals surface area contributed by atoms with Crippen molar-refractivity contribution in [3.8, 4) is 11.8 Å². The Balaban J connectivity index is 2.17. The van der Waals surface area contributed by atoms with Crippen molar-refractivity contribution < 1.29 is 18.9 Å². The predicted molar refractivity (Wildman–Crippen MR) is 75.6 cm³/mol. The molecule has 0 radical (unpaired) electrons. The van der Waals surface area contributed by atoms with E-state index in [9.17, 15) is 10.4 Å². The smallest absolute Gasteiger partial charge is 0.380 e. The summed E-state index contributed by atoms with van der Waals surface area (Å²) in [5.74, 6) is 0.410. The molecule has 0 N–H and O–H groups in total. The van der Waals surface area contributed by atoms with Gasteiger partial charge in [0.05, 0.1) is 26.4 Å². The van der Waals surface area contributed by atoms with Crippen molar-refractivity contribution >= 4 is 21.6 Å². The third-order valence-electron chi connectivity index (χ3n) is 2.39. The molecule has 0 fully saturated rings. The van der Waals surface area contributed by atoms with Crippen molar-refractivity contribution in [1.82, 2.24) is 0 Å². The molecule has 0 bridgehead atoms. The van der Waals surface area contributed by atoms with Gasteiger partial charge in [0, 0.05) is 33.7 Å². The summed E-state index contributed by atoms with van der Waals surface area (Å²) >= 11 is 0. The largest absolute Gasteiger partial charge is 0.615 e. The number of hydrogen-bond donors (Lipinski definition) is 0. The van der Waals surface area contributed by atoms with Gasteiger partial charge in [-0.05, 0) is 12.1 Å². The molecule has 106 valence electrons. The van der Waals surface area contributed by atoms with Crippen LogP contribution in [-0.2, 0) is 0 Å². The van der Waals surface area contributed by atoms with Crippen LogP contribution >= 0.6 is 21.6 Å². The van der Waals surface area contributed by atoms with Gasteiger partial charge in [-0.3, -0.25) is 0 Å². The summed E-state index contributed by atoms with van der Waals surface area (Å²) < 4.78 is 11.2. The third kappa shape index (κ3) is 3.02. The molecular formula is C12H12N2O4S2. The van der Waals surface area contributed by atoms with E-state index in [2.05, 4.69) is 0 Å². The van der Waals surface area contributed by atoms with Crippen molar-refractivity contribution in [2.45, 2.75) is 10.1 Å². The molecule has 2 heterocycles. The minimum atomic E-state index is 0.205. The van der Waals surface area contributed by atoms with Crippen molar-refractivity contribution in [3.05, 3.63) is 46.8 Å². The molecule has 2 aromatic heterocycles. The SMILES string of the molecule is COc1cccc(SSc2cccc(OC)[n+]2[O-])[n+]1[O-]. The summed E-state index contributed by atoms with van der Waals surface area (Å²) in [6.07, 6.45) is 0. The Morgan fingerprint density at radius 1 is 0.800 bits per heavy atom. The Labute approximate surface area is 123 Å². The summed E-state index contributed by atoms with van der Waals surface area (Å²) in [4.78, 5) is 0. The van der Waals surface area contributed by atoms with Crippen molar-refractivity contribution in [1.29, 1.82) is 0 Å². The van der Waals surface area contributed by atoms with Gasteiger partial charge in [0.25, 0.3) is 10.1 Å². The molecule has 0 amide bonds. The maximum absolute atomic E-state index is 11.9. The molecule has 0 saturated heterocycles. The van der Waals surface area contributed by atoms with Gasteiger partial charge in [-0.1, -0.05) is 0 Å². The van der Waals surface area contributed by atoms with E-state index >= 15 is 0 Å². The highest BCUT2D eigenvalue weighted by molar-refractivity contribution is 8.76. The van der Waals surface area contributed by atoms with Crippen LogP contribution < -0.4 is 18.9 Å². The lowest BCUT2D eigenvalue weighted by molar-refractivity contribution is -0.652. The highest BCUT2D eigenvalue weighted by Crippen LogP contribution is 2.34. The van der Waals surface area contributed by atoms with Gasteiger partial charge in [0.1, 0.15) is 0 Å². The molecule has 0 aliphatic heterocycles. The average Bonchev–Trinajstić information content (AvgIpc) is 2.47. The first-order valence-electron chi connectivity index (χ1n) is 5.55. The molecule has 0 unspecified atom stereocenters. The Bertz CT molecular complexity index is 557. The second-order valence-electron chi connectivity index (χ2n) is 3.57. The molecule has 0 atom stereocenters. The number of rotatable bonds is 5. The van der Waals surface area contributed by atoms with Crippen molar-refractivity contribution in [2.24, 2.45) is 0 Å². The minimum absolute atomic E-state index is 0.205. The summed E-state index contributed by atoms with van der Waals surface area (Å²) in [6.45, 7) is 0. The second-order valence-corrected chi connectivity index (χ2v) is 5.74. The van der Waals surface area contributed by atoms with Crippen LogP contribution in [0.4, 0.5) is 0 Å². The van der Waals surface area contributed by atoms with E-state index in [1.165, 1.54) is 35.8 Å². The van der Waals surface area contributed by atoms with E-state index in [-0.39, 0.29) is 11.8 Å². The topological polar surface area (TPSA) is 72.3 Å². The highest BCUT2D eigenvalue weighted by Gasteiger charge is 2.17. The zero-order valence-electron chi connectivity index (χ0n) is 10.8. The molecule has 0 aromatic carbocycles. The average molecular weight is 312 g/mol. The molecule has 6 nitrogen and oxygen atoms in total. The van der Waals surface area contributed by atoms with E-state index in [1.54, 1.807) is 36.4 Å². The van der Waals surface area contributed by atoms with Crippen LogP contribution in [0.5, 0.6) is 11.8 Å². The van der Waals surface area contributed by atoms with E-state index < -0.39 is 0 Å². The van der Waals surface area contributed by atoms with Crippen LogP contribution in [0.25, 0.3) is 0 Å². The molecule has 0 saturated carbocycles. The summed E-state index contributed by atoms with van der Waals surface area (Å²) in [5, 5.41) is 24.6. The summed E-state index contributed by atoms with van der Waals surface area (Å²) in [6, 6.07) is 9.88. The lowest BCUT2D eigenvalue weighted by Crippen LogP contribution is -2.31. The number of methoxy groups -OCH3 is 2. The van der Waals surface area contributed by atoms with E-state index in [0.29, 0.717) is 19.5 Å². The Morgan fingerprint density at radius 2 is 1.20 bits per heavy atom. The van der Waals surface area contributed by atoms with Gasteiger partial charge in [0.15, 0.2) is 0 Å². The predicted octanol–water partition coefficient (Wildman–Crippen LogP) is 1.77. The fourth-order valence-corrected chi connectivity index (χ4v) is 3.43. The number of aromatic nitrogens is 2. The van der Waals surface area contributed by atoms with Gasteiger partial charge in [-0.2, -0.15) is 0 Å². The monoisotopic (exact) mass is 312 g/mol. The van der Waals surface area contributed by atoms with Crippen LogP contribution in [-0.4, -0.2) is 14.2 Å². The zero-order chi connectivity index (χ0) is 14.5. The quantitative estimate of drug-likeness (QED) is 0.476. The van der Waals surface area contributed by atoms with Gasteiger partial charge in [-0.15, -0.1) is 9.46 Å². The normalized spacial score (nSPS) is 10.3. The molecule has 0 aliphatic carbocycles. The standard InChI is InChI=1S/C12H12N2O4S2/c1-17-9-5-3-7-11(13(9)15)19-20-12-8-4-6-10(18-2)14(12)16/h3-8H,1-2H3. The molecule has 0 aliphatic rings. The lowest BCUT2D eigenvalue weighted by Gasteiger charge is -2.08. The maximum atomic E-state index is 11.9. The van der Waals surface area contributed by atoms with Gasteiger partial charge in [0.2, 0.25) is 0 Å². The molecule has 2 aromatic rings. The Morgan fingerprint density at radius 3 is 1.55 bits per heavy atom.